The molecule has 1 heterocycles. The van der Waals surface area contributed by atoms with Gasteiger partial charge in [-0.3, -0.25) is 9.69 Å². The number of carbonyl (C=O) groups excluding carboxylic acids is 1. The molecule has 0 aliphatic carbocycles. The molecule has 1 aliphatic heterocycles. The standard InChI is InChI=1S/C18H29N3O/c1-12-9-13(2)17(14(3)10-12)20-18(22)15(4)21-8-6-7-16(11-21)19-5/h9-10,15-16,19H,6-8,11H2,1-5H3,(H,20,22). The Morgan fingerprint density at radius 3 is 2.50 bits per heavy atom. The Hall–Kier alpha value is -1.39. The molecule has 0 spiro atoms. The highest BCUT2D eigenvalue weighted by Gasteiger charge is 2.27. The highest BCUT2D eigenvalue weighted by Crippen LogP contribution is 2.23. The maximum atomic E-state index is 12.6. The highest BCUT2D eigenvalue weighted by atomic mass is 16.2. The molecule has 2 N–H and O–H groups in total. The van der Waals surface area contributed by atoms with Crippen molar-refractivity contribution in [3.8, 4) is 0 Å². The van der Waals surface area contributed by atoms with Crippen LogP contribution in [0.1, 0.15) is 36.5 Å². The van der Waals surface area contributed by atoms with Crippen molar-refractivity contribution in [2.75, 3.05) is 25.5 Å². The third-order valence-electron chi connectivity index (χ3n) is 4.71. The van der Waals surface area contributed by atoms with E-state index in [2.05, 4.69) is 48.4 Å². The van der Waals surface area contributed by atoms with Gasteiger partial charge in [0.2, 0.25) is 5.91 Å². The average Bonchev–Trinajstić information content (AvgIpc) is 2.49. The van der Waals surface area contributed by atoms with Crippen molar-refractivity contribution >= 4 is 11.6 Å². The van der Waals surface area contributed by atoms with Crippen LogP contribution in [0.5, 0.6) is 0 Å². The van der Waals surface area contributed by atoms with Gasteiger partial charge in [-0.1, -0.05) is 17.7 Å². The Kier molecular flexibility index (Phi) is 5.59. The third-order valence-corrected chi connectivity index (χ3v) is 4.71. The van der Waals surface area contributed by atoms with E-state index in [1.165, 1.54) is 12.0 Å². The van der Waals surface area contributed by atoms with E-state index in [1.54, 1.807) is 0 Å². The summed E-state index contributed by atoms with van der Waals surface area (Å²) in [6.45, 7) is 10.1. The first-order chi connectivity index (χ1) is 10.4. The highest BCUT2D eigenvalue weighted by molar-refractivity contribution is 5.96. The molecule has 2 rings (SSSR count). The molecule has 0 aromatic heterocycles. The Bertz CT molecular complexity index is 518. The summed E-state index contributed by atoms with van der Waals surface area (Å²) in [5.41, 5.74) is 4.45. The number of piperidine rings is 1. The van der Waals surface area contributed by atoms with E-state index in [0.717, 1.165) is 36.3 Å². The quantitative estimate of drug-likeness (QED) is 0.899. The topological polar surface area (TPSA) is 44.4 Å². The minimum Gasteiger partial charge on any atom is -0.324 e. The van der Waals surface area contributed by atoms with Gasteiger partial charge < -0.3 is 10.6 Å². The molecule has 4 nitrogen and oxygen atoms in total. The molecule has 2 unspecified atom stereocenters. The summed E-state index contributed by atoms with van der Waals surface area (Å²) in [5.74, 6) is 0.0896. The van der Waals surface area contributed by atoms with Gasteiger partial charge in [-0.15, -0.1) is 0 Å². The van der Waals surface area contributed by atoms with Crippen LogP contribution < -0.4 is 10.6 Å². The Labute approximate surface area is 134 Å². The van der Waals surface area contributed by atoms with Gasteiger partial charge in [0, 0.05) is 18.3 Å². The van der Waals surface area contributed by atoms with Crippen molar-refractivity contribution in [1.29, 1.82) is 0 Å². The van der Waals surface area contributed by atoms with Gasteiger partial charge in [-0.2, -0.15) is 0 Å². The predicted octanol–water partition coefficient (Wildman–Crippen LogP) is 2.62. The summed E-state index contributed by atoms with van der Waals surface area (Å²) < 4.78 is 0. The largest absolute Gasteiger partial charge is 0.324 e. The van der Waals surface area contributed by atoms with Crippen molar-refractivity contribution in [3.05, 3.63) is 28.8 Å². The second-order valence-corrected chi connectivity index (χ2v) is 6.56. The number of hydrogen-bond acceptors (Lipinski definition) is 3. The average molecular weight is 303 g/mol. The van der Waals surface area contributed by atoms with Crippen molar-refractivity contribution in [1.82, 2.24) is 10.2 Å². The molecule has 0 bridgehead atoms. The van der Waals surface area contributed by atoms with Gasteiger partial charge in [0.25, 0.3) is 0 Å². The van der Waals surface area contributed by atoms with Gasteiger partial charge in [-0.25, -0.2) is 0 Å². The van der Waals surface area contributed by atoms with Crippen LogP contribution in [0.3, 0.4) is 0 Å². The second kappa shape index (κ2) is 7.25. The first-order valence-corrected chi connectivity index (χ1v) is 8.22. The number of likely N-dealkylation sites (N-methyl/N-ethyl adjacent to an activating group) is 1. The van der Waals surface area contributed by atoms with Crippen LogP contribution in [0.25, 0.3) is 0 Å². The van der Waals surface area contributed by atoms with E-state index in [4.69, 9.17) is 0 Å². The molecule has 1 aliphatic rings. The molecular weight excluding hydrogens is 274 g/mol. The number of nitrogens with zero attached hydrogens (tertiary/aromatic N) is 1. The van der Waals surface area contributed by atoms with E-state index in [0.29, 0.717) is 6.04 Å². The third kappa shape index (κ3) is 3.87. The maximum Gasteiger partial charge on any atom is 0.241 e. The fourth-order valence-electron chi connectivity index (χ4n) is 3.36. The van der Waals surface area contributed by atoms with Crippen LogP contribution in [0.15, 0.2) is 12.1 Å². The van der Waals surface area contributed by atoms with E-state index in [1.807, 2.05) is 14.0 Å². The van der Waals surface area contributed by atoms with Crippen molar-refractivity contribution in [2.24, 2.45) is 0 Å². The summed E-state index contributed by atoms with van der Waals surface area (Å²) in [4.78, 5) is 14.9. The van der Waals surface area contributed by atoms with Crippen molar-refractivity contribution < 1.29 is 4.79 Å². The van der Waals surface area contributed by atoms with E-state index in [9.17, 15) is 4.79 Å². The number of benzene rings is 1. The summed E-state index contributed by atoms with van der Waals surface area (Å²) in [5, 5.41) is 6.46. The van der Waals surface area contributed by atoms with Crippen LogP contribution >= 0.6 is 0 Å². The monoisotopic (exact) mass is 303 g/mol. The molecule has 0 saturated carbocycles. The first-order valence-electron chi connectivity index (χ1n) is 8.22. The van der Waals surface area contributed by atoms with Crippen LogP contribution in [0.2, 0.25) is 0 Å². The number of anilines is 1. The van der Waals surface area contributed by atoms with Crippen LogP contribution in [0, 0.1) is 20.8 Å². The van der Waals surface area contributed by atoms with Gasteiger partial charge in [0.1, 0.15) is 0 Å². The molecule has 2 atom stereocenters. The number of carbonyl (C=O) groups is 1. The van der Waals surface area contributed by atoms with Crippen molar-refractivity contribution in [3.63, 3.8) is 0 Å². The SMILES string of the molecule is CNC1CCCN(C(C)C(=O)Nc2c(C)cc(C)cc2C)C1. The predicted molar refractivity (Wildman–Crippen MR) is 92.4 cm³/mol. The summed E-state index contributed by atoms with van der Waals surface area (Å²) in [6.07, 6.45) is 2.34. The fourth-order valence-corrected chi connectivity index (χ4v) is 3.36. The molecular formula is C18H29N3O. The summed E-state index contributed by atoms with van der Waals surface area (Å²) in [6, 6.07) is 4.62. The number of likely N-dealkylation sites (tertiary alicyclic amines) is 1. The van der Waals surface area contributed by atoms with Gasteiger partial charge in [-0.05, 0) is 65.3 Å². The molecule has 0 radical (unpaired) electrons. The normalized spacial score (nSPS) is 20.7. The number of rotatable bonds is 4. The Morgan fingerprint density at radius 1 is 1.27 bits per heavy atom. The number of hydrogen-bond donors (Lipinski definition) is 2. The lowest BCUT2D eigenvalue weighted by molar-refractivity contribution is -0.121. The lowest BCUT2D eigenvalue weighted by Crippen LogP contribution is -2.51. The number of aryl methyl sites for hydroxylation is 3. The zero-order chi connectivity index (χ0) is 16.3. The molecule has 1 saturated heterocycles. The fraction of sp³-hybridized carbons (Fsp3) is 0.611. The zero-order valence-electron chi connectivity index (χ0n) is 14.5. The van der Waals surface area contributed by atoms with E-state index >= 15 is 0 Å². The Balaban J connectivity index is 2.05. The Morgan fingerprint density at radius 2 is 1.91 bits per heavy atom. The lowest BCUT2D eigenvalue weighted by atomic mass is 10.0. The zero-order valence-corrected chi connectivity index (χ0v) is 14.5. The maximum absolute atomic E-state index is 12.6. The molecule has 22 heavy (non-hydrogen) atoms. The minimum atomic E-state index is -0.101. The molecule has 1 amide bonds. The van der Waals surface area contributed by atoms with E-state index < -0.39 is 0 Å². The molecule has 1 aromatic rings. The van der Waals surface area contributed by atoms with Gasteiger partial charge in [0.05, 0.1) is 6.04 Å². The van der Waals surface area contributed by atoms with Crippen molar-refractivity contribution in [2.45, 2.75) is 52.6 Å². The van der Waals surface area contributed by atoms with E-state index in [-0.39, 0.29) is 11.9 Å². The van der Waals surface area contributed by atoms with Gasteiger partial charge in [0.15, 0.2) is 0 Å². The molecule has 1 fully saturated rings. The first kappa shape index (κ1) is 17.0. The molecule has 4 heteroatoms. The summed E-state index contributed by atoms with van der Waals surface area (Å²) >= 11 is 0. The second-order valence-electron chi connectivity index (χ2n) is 6.56. The lowest BCUT2D eigenvalue weighted by Gasteiger charge is -2.36. The van der Waals surface area contributed by atoms with Gasteiger partial charge >= 0.3 is 0 Å². The van der Waals surface area contributed by atoms with Crippen LogP contribution in [-0.4, -0.2) is 43.0 Å². The minimum absolute atomic E-state index is 0.0896. The molecule has 1 aromatic carbocycles. The van der Waals surface area contributed by atoms with Crippen LogP contribution in [0.4, 0.5) is 5.69 Å². The molecule has 122 valence electrons. The number of nitrogens with one attached hydrogen (secondary N) is 2. The summed E-state index contributed by atoms with van der Waals surface area (Å²) in [7, 11) is 2.00. The van der Waals surface area contributed by atoms with Crippen LogP contribution in [-0.2, 0) is 4.79 Å². The number of amides is 1. The smallest absolute Gasteiger partial charge is 0.241 e.